The largest absolute Gasteiger partial charge is 0.463 e. The van der Waals surface area contributed by atoms with E-state index < -0.39 is 34.7 Å². The van der Waals surface area contributed by atoms with Crippen molar-refractivity contribution in [2.24, 2.45) is 0 Å². The standard InChI is InChI=1S/C70H66O8/c1-8-62(71)75-36-16-32-69(33-17-37-76-63(72)9-2)58-22-14-12-20-50(58)52-28-24-45(42-60(52)69)56-44-57(55-31-27-48-41-49(68(5,6)7)40-47-26-30-54(56)67(55)66(47)48)46-25-29-53-51-21-13-15-23-59(51)70(61(53)43-46,34-18-38-77-64(73)10-3)35-19-39-78-65(74)11-4/h8-15,20-31,40-44H,1-4,16-19,32-39H2,5-7H3. The summed E-state index contributed by atoms with van der Waals surface area (Å²) in [6.45, 7) is 22.2. The zero-order valence-corrected chi connectivity index (χ0v) is 45.0. The van der Waals surface area contributed by atoms with E-state index in [1.165, 1.54) is 73.7 Å². The number of carbonyl (C=O) groups is 4. The predicted octanol–water partition coefficient (Wildman–Crippen LogP) is 15.8. The van der Waals surface area contributed by atoms with E-state index in [2.05, 4.69) is 174 Å². The van der Waals surface area contributed by atoms with Gasteiger partial charge in [0, 0.05) is 35.1 Å². The van der Waals surface area contributed by atoms with Crippen LogP contribution in [0.5, 0.6) is 0 Å². The smallest absolute Gasteiger partial charge is 0.330 e. The van der Waals surface area contributed by atoms with Crippen molar-refractivity contribution in [2.75, 3.05) is 26.4 Å². The van der Waals surface area contributed by atoms with Crippen LogP contribution < -0.4 is 0 Å². The predicted molar refractivity (Wildman–Crippen MR) is 314 cm³/mol. The molecule has 8 nitrogen and oxygen atoms in total. The second-order valence-corrected chi connectivity index (χ2v) is 21.8. The van der Waals surface area contributed by atoms with Gasteiger partial charge >= 0.3 is 23.9 Å². The molecule has 0 saturated carbocycles. The molecule has 0 aromatic heterocycles. The number of rotatable bonds is 22. The van der Waals surface area contributed by atoms with E-state index in [9.17, 15) is 19.2 Å². The molecule has 0 heterocycles. The molecule has 0 aliphatic heterocycles. The third-order valence-corrected chi connectivity index (χ3v) is 16.4. The third-order valence-electron chi connectivity index (χ3n) is 16.4. The highest BCUT2D eigenvalue weighted by Crippen LogP contribution is 2.57. The van der Waals surface area contributed by atoms with Gasteiger partial charge in [-0.3, -0.25) is 0 Å². The molecule has 0 fully saturated rings. The lowest BCUT2D eigenvalue weighted by atomic mass is 9.70. The molecular weight excluding hydrogens is 969 g/mol. The van der Waals surface area contributed by atoms with Crippen LogP contribution in [0.2, 0.25) is 0 Å². The zero-order chi connectivity index (χ0) is 54.8. The molecule has 8 aromatic rings. The van der Waals surface area contributed by atoms with Crippen molar-refractivity contribution in [3.8, 4) is 44.5 Å². The Hall–Kier alpha value is -8.36. The number of fused-ring (bicyclic) bond motifs is 6. The van der Waals surface area contributed by atoms with E-state index >= 15 is 0 Å². The number of benzene rings is 8. The van der Waals surface area contributed by atoms with Gasteiger partial charge in [0.05, 0.1) is 26.4 Å². The molecule has 2 aliphatic rings. The van der Waals surface area contributed by atoms with E-state index in [0.29, 0.717) is 51.4 Å². The van der Waals surface area contributed by atoms with Gasteiger partial charge in [0.1, 0.15) is 0 Å². The summed E-state index contributed by atoms with van der Waals surface area (Å²) in [5.74, 6) is -1.81. The maximum Gasteiger partial charge on any atom is 0.330 e. The topological polar surface area (TPSA) is 105 Å². The van der Waals surface area contributed by atoms with Gasteiger partial charge in [0.15, 0.2) is 0 Å². The molecule has 394 valence electrons. The fourth-order valence-electron chi connectivity index (χ4n) is 12.8. The average molecular weight is 1040 g/mol. The Balaban J connectivity index is 1.18. The van der Waals surface area contributed by atoms with Crippen molar-refractivity contribution in [3.63, 3.8) is 0 Å². The Morgan fingerprint density at radius 2 is 0.769 bits per heavy atom. The van der Waals surface area contributed by atoms with Crippen LogP contribution >= 0.6 is 0 Å². The fourth-order valence-corrected chi connectivity index (χ4v) is 12.8. The molecule has 0 spiro atoms. The molecule has 0 unspecified atom stereocenters. The molecule has 8 aromatic carbocycles. The van der Waals surface area contributed by atoms with Crippen molar-refractivity contribution in [1.29, 1.82) is 0 Å². The number of carbonyl (C=O) groups excluding carboxylic acids is 4. The van der Waals surface area contributed by atoms with E-state index in [-0.39, 0.29) is 31.8 Å². The molecule has 0 bridgehead atoms. The van der Waals surface area contributed by atoms with Crippen molar-refractivity contribution < 1.29 is 38.1 Å². The van der Waals surface area contributed by atoms with Gasteiger partial charge in [0.25, 0.3) is 0 Å². The molecular formula is C70H66O8. The summed E-state index contributed by atoms with van der Waals surface area (Å²) in [6.07, 6.45) is 9.95. The summed E-state index contributed by atoms with van der Waals surface area (Å²) in [7, 11) is 0. The minimum atomic E-state index is -0.495. The van der Waals surface area contributed by atoms with Gasteiger partial charge in [-0.05, 0) is 180 Å². The lowest BCUT2D eigenvalue weighted by Crippen LogP contribution is -2.27. The van der Waals surface area contributed by atoms with E-state index in [4.69, 9.17) is 18.9 Å². The highest BCUT2D eigenvalue weighted by molar-refractivity contribution is 6.28. The SMILES string of the molecule is C=CC(=O)OCCCC1(CCCOC(=O)C=C)c2ccccc2-c2ccc(-c3cc(-c4ccc5c(c4)C(CCCOC(=O)C=C)(CCCOC(=O)C=C)c4ccccc4-5)c4ccc5cc(C(C)(C)C)cc6ccc3c4c65)cc21. The number of esters is 4. The maximum absolute atomic E-state index is 12.3. The second-order valence-electron chi connectivity index (χ2n) is 21.8. The Morgan fingerprint density at radius 1 is 0.410 bits per heavy atom. The van der Waals surface area contributed by atoms with Crippen LogP contribution in [0.15, 0.2) is 178 Å². The summed E-state index contributed by atoms with van der Waals surface area (Å²) in [6, 6.07) is 47.3. The summed E-state index contributed by atoms with van der Waals surface area (Å²) < 4.78 is 22.3. The minimum Gasteiger partial charge on any atom is -0.463 e. The number of ether oxygens (including phenoxy) is 4. The molecule has 0 atom stereocenters. The van der Waals surface area contributed by atoms with Gasteiger partial charge in [0.2, 0.25) is 0 Å². The van der Waals surface area contributed by atoms with Crippen LogP contribution in [0.25, 0.3) is 76.8 Å². The highest BCUT2D eigenvalue weighted by Gasteiger charge is 2.44. The first-order chi connectivity index (χ1) is 37.7. The Kier molecular flexibility index (Phi) is 14.9. The van der Waals surface area contributed by atoms with Crippen LogP contribution in [0.3, 0.4) is 0 Å². The first-order valence-electron chi connectivity index (χ1n) is 27.2. The molecule has 0 N–H and O–H groups in total. The van der Waals surface area contributed by atoms with Crippen LogP contribution in [-0.4, -0.2) is 50.3 Å². The molecule has 78 heavy (non-hydrogen) atoms. The first-order valence-corrected chi connectivity index (χ1v) is 27.2. The number of hydrogen-bond donors (Lipinski definition) is 0. The lowest BCUT2D eigenvalue weighted by Gasteiger charge is -2.33. The van der Waals surface area contributed by atoms with Crippen molar-refractivity contribution in [2.45, 2.75) is 88.4 Å². The van der Waals surface area contributed by atoms with Crippen molar-refractivity contribution in [3.05, 3.63) is 206 Å². The monoisotopic (exact) mass is 1030 g/mol. The molecule has 0 amide bonds. The van der Waals surface area contributed by atoms with Crippen LogP contribution in [0.1, 0.15) is 100.0 Å². The van der Waals surface area contributed by atoms with E-state index in [1.807, 2.05) is 0 Å². The fraction of sp³-hybridized carbons (Fsp3) is 0.257. The van der Waals surface area contributed by atoms with Gasteiger partial charge < -0.3 is 18.9 Å². The van der Waals surface area contributed by atoms with Crippen LogP contribution in [-0.2, 0) is 54.4 Å². The number of hydrogen-bond acceptors (Lipinski definition) is 8. The van der Waals surface area contributed by atoms with Gasteiger partial charge in [-0.15, -0.1) is 0 Å². The molecule has 10 rings (SSSR count). The summed E-state index contributed by atoms with van der Waals surface area (Å²) in [4.78, 5) is 49.1. The summed E-state index contributed by atoms with van der Waals surface area (Å²) >= 11 is 0. The van der Waals surface area contributed by atoms with Gasteiger partial charge in [-0.2, -0.15) is 0 Å². The lowest BCUT2D eigenvalue weighted by molar-refractivity contribution is -0.139. The highest BCUT2D eigenvalue weighted by atomic mass is 16.5. The summed E-state index contributed by atoms with van der Waals surface area (Å²) in [5.41, 5.74) is 14.0. The van der Waals surface area contributed by atoms with Crippen molar-refractivity contribution >= 4 is 56.2 Å². The first kappa shape index (κ1) is 53.1. The van der Waals surface area contributed by atoms with E-state index in [0.717, 1.165) is 55.3 Å². The Labute approximate surface area is 457 Å². The molecule has 0 radical (unpaired) electrons. The quantitative estimate of drug-likeness (QED) is 0.0217. The average Bonchev–Trinajstić information content (AvgIpc) is 4.09. The van der Waals surface area contributed by atoms with Gasteiger partial charge in [-0.25, -0.2) is 19.2 Å². The summed E-state index contributed by atoms with van der Waals surface area (Å²) in [5, 5.41) is 7.09. The van der Waals surface area contributed by atoms with Crippen LogP contribution in [0.4, 0.5) is 0 Å². The Bertz CT molecular complexity index is 3420. The van der Waals surface area contributed by atoms with E-state index in [1.54, 1.807) is 0 Å². The minimum absolute atomic E-state index is 0.0645. The van der Waals surface area contributed by atoms with Crippen molar-refractivity contribution in [1.82, 2.24) is 0 Å². The molecule has 0 saturated heterocycles. The third kappa shape index (κ3) is 9.74. The van der Waals surface area contributed by atoms with Crippen LogP contribution in [0, 0.1) is 0 Å². The van der Waals surface area contributed by atoms with Gasteiger partial charge in [-0.1, -0.05) is 156 Å². The zero-order valence-electron chi connectivity index (χ0n) is 45.0. The normalized spacial score (nSPS) is 13.5. The second kappa shape index (κ2) is 21.9. The molecule has 8 heteroatoms. The molecule has 2 aliphatic carbocycles. The maximum atomic E-state index is 12.3. The Morgan fingerprint density at radius 3 is 1.13 bits per heavy atom.